The molecule has 0 heterocycles. The molecule has 50 valence electrons. The van der Waals surface area contributed by atoms with Crippen LogP contribution in [0.25, 0.3) is 0 Å². The third-order valence-electron chi connectivity index (χ3n) is 0.292. The first-order valence-corrected chi connectivity index (χ1v) is 3.41. The quantitative estimate of drug-likeness (QED) is 0.470. The summed E-state index contributed by atoms with van der Waals surface area (Å²) in [6.45, 7) is 2.89. The molecule has 0 spiro atoms. The van der Waals surface area contributed by atoms with Crippen LogP contribution in [-0.4, -0.2) is 13.5 Å². The Labute approximate surface area is 54.8 Å². The van der Waals surface area contributed by atoms with E-state index in [1.165, 1.54) is 13.8 Å². The molecule has 0 aliphatic carbocycles. The van der Waals surface area contributed by atoms with Crippen molar-refractivity contribution in [2.45, 2.75) is 18.9 Å². The molecule has 3 nitrogen and oxygen atoms in total. The van der Waals surface area contributed by atoms with Crippen LogP contribution in [0.3, 0.4) is 0 Å². The van der Waals surface area contributed by atoms with Gasteiger partial charge >= 0.3 is 0 Å². The number of hydrogen-bond donors (Lipinski definition) is 1. The van der Waals surface area contributed by atoms with Crippen molar-refractivity contribution in [2.75, 3.05) is 0 Å². The molecule has 0 bridgehead atoms. The van der Waals surface area contributed by atoms with Gasteiger partial charge in [0.1, 0.15) is 0 Å². The van der Waals surface area contributed by atoms with Crippen LogP contribution < -0.4 is 0 Å². The Bertz CT molecular complexity index is 126. The van der Waals surface area contributed by atoms with E-state index in [0.717, 1.165) is 0 Å². The highest BCUT2D eigenvalue weighted by molar-refractivity contribution is 7.67. The highest BCUT2D eigenvalue weighted by Crippen LogP contribution is 2.13. The molecule has 0 N–H and O–H groups in total. The second-order valence-corrected chi connectivity index (χ2v) is 3.22. The molecule has 0 saturated carbocycles. The molecule has 0 saturated heterocycles. The van der Waals surface area contributed by atoms with Gasteiger partial charge in [-0.25, -0.2) is 12.6 Å². The first-order chi connectivity index (χ1) is 3.42. The van der Waals surface area contributed by atoms with Gasteiger partial charge in [-0.05, 0) is 13.8 Å². The van der Waals surface area contributed by atoms with Gasteiger partial charge < -0.3 is 0 Å². The molecule has 0 rings (SSSR count). The maximum atomic E-state index is 9.75. The number of rotatable bonds is 2. The molecular formula is C3H7ClO3S. The van der Waals surface area contributed by atoms with E-state index < -0.39 is 16.0 Å². The van der Waals surface area contributed by atoms with Crippen LogP contribution in [0, 0.1) is 0 Å². The van der Waals surface area contributed by atoms with E-state index >= 15 is 0 Å². The molecular weight excluding hydrogens is 152 g/mol. The van der Waals surface area contributed by atoms with Crippen LogP contribution in [0.1, 0.15) is 13.8 Å². The Balaban J connectivity index is 3.73. The normalized spacial score (nSPS) is 12.5. The standard InChI is InChI=1S/C3H7ClO3S/c1-3(2,4)7-8(5)6/h8H,1-2H3. The number of thiol groups is 1. The van der Waals surface area contributed by atoms with Crippen LogP contribution >= 0.6 is 11.6 Å². The molecule has 0 aromatic rings. The summed E-state index contributed by atoms with van der Waals surface area (Å²) >= 11 is 5.32. The molecule has 0 aromatic carbocycles. The summed E-state index contributed by atoms with van der Waals surface area (Å²) in [6, 6.07) is 0. The predicted octanol–water partition coefficient (Wildman–Crippen LogP) is 0.504. The molecule has 0 aliphatic rings. The third-order valence-corrected chi connectivity index (χ3v) is 1.08. The Morgan fingerprint density at radius 1 is 1.50 bits per heavy atom. The van der Waals surface area contributed by atoms with E-state index in [1.807, 2.05) is 0 Å². The summed E-state index contributed by atoms with van der Waals surface area (Å²) in [6.07, 6.45) is 0. The van der Waals surface area contributed by atoms with Crippen molar-refractivity contribution in [2.24, 2.45) is 0 Å². The lowest BCUT2D eigenvalue weighted by Crippen LogP contribution is -2.13. The van der Waals surface area contributed by atoms with Gasteiger partial charge in [0.05, 0.1) is 0 Å². The van der Waals surface area contributed by atoms with E-state index in [1.54, 1.807) is 0 Å². The molecule has 0 aliphatic heterocycles. The smallest absolute Gasteiger partial charge is 0.250 e. The fourth-order valence-corrected chi connectivity index (χ4v) is 0.701. The number of alkyl halides is 1. The summed E-state index contributed by atoms with van der Waals surface area (Å²) in [4.78, 5) is 0. The lowest BCUT2D eigenvalue weighted by molar-refractivity contribution is 0.217. The van der Waals surface area contributed by atoms with Gasteiger partial charge in [-0.3, -0.25) is 0 Å². The van der Waals surface area contributed by atoms with E-state index in [-0.39, 0.29) is 0 Å². The van der Waals surface area contributed by atoms with Crippen molar-refractivity contribution in [3.8, 4) is 0 Å². The monoisotopic (exact) mass is 158 g/mol. The summed E-state index contributed by atoms with van der Waals surface area (Å²) in [5, 5.41) is -1.10. The van der Waals surface area contributed by atoms with Crippen LogP contribution in [0.15, 0.2) is 0 Å². The minimum atomic E-state index is -2.82. The fourth-order valence-electron chi connectivity index (χ4n) is 0.177. The van der Waals surface area contributed by atoms with Crippen LogP contribution in [-0.2, 0) is 15.2 Å². The van der Waals surface area contributed by atoms with E-state index in [4.69, 9.17) is 11.6 Å². The molecule has 8 heavy (non-hydrogen) atoms. The summed E-state index contributed by atoms with van der Waals surface area (Å²) in [5.74, 6) is 0. The zero-order chi connectivity index (χ0) is 6.78. The van der Waals surface area contributed by atoms with E-state index in [9.17, 15) is 8.42 Å². The molecule has 0 unspecified atom stereocenters. The summed E-state index contributed by atoms with van der Waals surface area (Å²) in [7, 11) is -2.82. The summed E-state index contributed by atoms with van der Waals surface area (Å²) < 4.78 is 23.6. The van der Waals surface area contributed by atoms with Crippen molar-refractivity contribution < 1.29 is 12.6 Å². The Morgan fingerprint density at radius 2 is 1.88 bits per heavy atom. The average Bonchev–Trinajstić information content (AvgIpc) is 1.21. The minimum Gasteiger partial charge on any atom is -0.250 e. The van der Waals surface area contributed by atoms with Gasteiger partial charge in [0, 0.05) is 0 Å². The highest BCUT2D eigenvalue weighted by atomic mass is 35.5. The molecule has 0 atom stereocenters. The predicted molar refractivity (Wildman–Crippen MR) is 31.3 cm³/mol. The van der Waals surface area contributed by atoms with Gasteiger partial charge in [0.25, 0.3) is 11.0 Å². The zero-order valence-electron chi connectivity index (χ0n) is 4.55. The molecule has 0 radical (unpaired) electrons. The van der Waals surface area contributed by atoms with Crippen molar-refractivity contribution in [1.29, 1.82) is 0 Å². The SMILES string of the molecule is CC(C)(Cl)O[SH](=O)=O. The Kier molecular flexibility index (Phi) is 2.73. The van der Waals surface area contributed by atoms with Crippen molar-refractivity contribution >= 4 is 22.6 Å². The largest absolute Gasteiger partial charge is 0.258 e. The molecule has 0 aromatic heterocycles. The second-order valence-electron chi connectivity index (χ2n) is 1.68. The first-order valence-electron chi connectivity index (χ1n) is 1.94. The van der Waals surface area contributed by atoms with Crippen LogP contribution in [0.2, 0.25) is 0 Å². The van der Waals surface area contributed by atoms with Crippen molar-refractivity contribution in [1.82, 2.24) is 0 Å². The lowest BCUT2D eigenvalue weighted by atomic mass is 10.5. The maximum Gasteiger partial charge on any atom is 0.258 e. The van der Waals surface area contributed by atoms with Crippen LogP contribution in [0.5, 0.6) is 0 Å². The second kappa shape index (κ2) is 2.66. The van der Waals surface area contributed by atoms with E-state index in [0.29, 0.717) is 0 Å². The van der Waals surface area contributed by atoms with Gasteiger partial charge in [-0.2, -0.15) is 0 Å². The number of hydrogen-bond acceptors (Lipinski definition) is 3. The lowest BCUT2D eigenvalue weighted by Gasteiger charge is -2.09. The van der Waals surface area contributed by atoms with Gasteiger partial charge in [-0.1, -0.05) is 11.6 Å². The third kappa shape index (κ3) is 6.20. The Hall–Kier alpha value is 0.200. The van der Waals surface area contributed by atoms with Gasteiger partial charge in [0.15, 0.2) is 5.06 Å². The van der Waals surface area contributed by atoms with Gasteiger partial charge in [-0.15, -0.1) is 0 Å². The fraction of sp³-hybridized carbons (Fsp3) is 1.00. The number of halogens is 1. The molecule has 5 heteroatoms. The maximum absolute atomic E-state index is 9.75. The van der Waals surface area contributed by atoms with Crippen molar-refractivity contribution in [3.05, 3.63) is 0 Å². The zero-order valence-corrected chi connectivity index (χ0v) is 6.20. The average molecular weight is 159 g/mol. The Morgan fingerprint density at radius 3 is 1.88 bits per heavy atom. The summed E-state index contributed by atoms with van der Waals surface area (Å²) in [5.41, 5.74) is 0. The van der Waals surface area contributed by atoms with Crippen LogP contribution in [0.4, 0.5) is 0 Å². The molecule has 0 fully saturated rings. The van der Waals surface area contributed by atoms with Gasteiger partial charge in [0.2, 0.25) is 0 Å². The minimum absolute atomic E-state index is 1.10. The van der Waals surface area contributed by atoms with Crippen molar-refractivity contribution in [3.63, 3.8) is 0 Å². The highest BCUT2D eigenvalue weighted by Gasteiger charge is 2.13. The van der Waals surface area contributed by atoms with E-state index in [2.05, 4.69) is 4.18 Å². The topological polar surface area (TPSA) is 43.4 Å². The molecule has 0 amide bonds. The first kappa shape index (κ1) is 8.20.